The molecule has 10 rings (SSSR count). The number of hydrogen-bond donors (Lipinski definition) is 0. The van der Waals surface area contributed by atoms with Crippen molar-refractivity contribution < 1.29 is 4.42 Å². The molecule has 5 nitrogen and oxygen atoms in total. The highest BCUT2D eigenvalue weighted by molar-refractivity contribution is 6.68. The molecule has 3 aromatic heterocycles. The third-order valence-corrected chi connectivity index (χ3v) is 11.6. The number of nitrogens with zero attached hydrogens (tertiary/aromatic N) is 4. The van der Waals surface area contributed by atoms with Gasteiger partial charge >= 0.3 is 0 Å². The SMILES string of the molecule is Bc1c(B)c(B)c(-c2nc(-c3ccccc3)nc(-c3cccc4oc5cc(-c6ccc7c(c6)c6ccccc6n7-c6ccccc6)ccc5c34)n2)c(B)c1B. The highest BCUT2D eigenvalue weighted by Gasteiger charge is 2.21. The van der Waals surface area contributed by atoms with Crippen molar-refractivity contribution in [1.82, 2.24) is 19.5 Å². The Morgan fingerprint density at radius 2 is 1.04 bits per heavy atom. The maximum absolute atomic E-state index is 6.63. The summed E-state index contributed by atoms with van der Waals surface area (Å²) in [5.41, 5.74) is 16.5. The molecular formula is C45H33B5N4O. The van der Waals surface area contributed by atoms with Crippen LogP contribution in [0.25, 0.3) is 94.7 Å². The minimum Gasteiger partial charge on any atom is -0.456 e. The predicted molar refractivity (Wildman–Crippen MR) is 244 cm³/mol. The Balaban J connectivity index is 1.14. The van der Waals surface area contributed by atoms with Crippen molar-refractivity contribution in [2.75, 3.05) is 0 Å². The van der Waals surface area contributed by atoms with Gasteiger partial charge in [-0.1, -0.05) is 102 Å². The van der Waals surface area contributed by atoms with Crippen molar-refractivity contribution in [3.05, 3.63) is 140 Å². The summed E-state index contributed by atoms with van der Waals surface area (Å²) in [6.07, 6.45) is 0. The average Bonchev–Trinajstić information content (AvgIpc) is 3.78. The van der Waals surface area contributed by atoms with Crippen molar-refractivity contribution in [1.29, 1.82) is 0 Å². The molecule has 0 aliphatic carbocycles. The molecule has 0 atom stereocenters. The van der Waals surface area contributed by atoms with Crippen LogP contribution in [0, 0.1) is 0 Å². The molecule has 0 saturated carbocycles. The zero-order chi connectivity index (χ0) is 37.4. The second kappa shape index (κ2) is 12.8. The molecule has 0 radical (unpaired) electrons. The van der Waals surface area contributed by atoms with E-state index in [1.54, 1.807) is 0 Å². The number of aromatic nitrogens is 4. The van der Waals surface area contributed by atoms with Gasteiger partial charge in [0.2, 0.25) is 0 Å². The highest BCUT2D eigenvalue weighted by atomic mass is 16.3. The smallest absolute Gasteiger partial charge is 0.164 e. The molecule has 3 heterocycles. The summed E-state index contributed by atoms with van der Waals surface area (Å²) in [5.74, 6) is 1.95. The summed E-state index contributed by atoms with van der Waals surface area (Å²) in [7, 11) is 10.9. The number of rotatable bonds is 5. The minimum absolute atomic E-state index is 0.621. The highest BCUT2D eigenvalue weighted by Crippen LogP contribution is 2.39. The molecule has 10 aromatic rings. The van der Waals surface area contributed by atoms with E-state index in [0.29, 0.717) is 17.5 Å². The lowest BCUT2D eigenvalue weighted by Gasteiger charge is -2.20. The van der Waals surface area contributed by atoms with Gasteiger partial charge in [0.05, 0.1) is 11.0 Å². The fourth-order valence-corrected chi connectivity index (χ4v) is 8.36. The van der Waals surface area contributed by atoms with E-state index in [-0.39, 0.29) is 0 Å². The molecule has 0 spiro atoms. The third-order valence-electron chi connectivity index (χ3n) is 11.6. The van der Waals surface area contributed by atoms with Crippen molar-refractivity contribution in [2.24, 2.45) is 0 Å². The quantitative estimate of drug-likeness (QED) is 0.260. The Morgan fingerprint density at radius 3 is 1.82 bits per heavy atom. The summed E-state index contributed by atoms with van der Waals surface area (Å²) < 4.78 is 8.98. The van der Waals surface area contributed by atoms with Crippen LogP contribution < -0.4 is 27.3 Å². The first-order valence-corrected chi connectivity index (χ1v) is 18.8. The molecular weight excluding hydrogens is 667 g/mol. The lowest BCUT2D eigenvalue weighted by atomic mass is 9.60. The molecule has 7 aromatic carbocycles. The average molecular weight is 700 g/mol. The fourth-order valence-electron chi connectivity index (χ4n) is 8.36. The van der Waals surface area contributed by atoms with Gasteiger partial charge in [-0.05, 0) is 59.7 Å². The van der Waals surface area contributed by atoms with Gasteiger partial charge in [-0.25, -0.2) is 15.0 Å². The molecule has 0 aliphatic heterocycles. The van der Waals surface area contributed by atoms with Crippen molar-refractivity contribution in [2.45, 2.75) is 0 Å². The van der Waals surface area contributed by atoms with Crippen molar-refractivity contribution in [3.63, 3.8) is 0 Å². The van der Waals surface area contributed by atoms with Crippen LogP contribution in [0.2, 0.25) is 0 Å². The third kappa shape index (κ3) is 5.27. The summed E-state index contributed by atoms with van der Waals surface area (Å²) in [6.45, 7) is 0. The summed E-state index contributed by atoms with van der Waals surface area (Å²) >= 11 is 0. The molecule has 0 N–H and O–H groups in total. The van der Waals surface area contributed by atoms with Crippen LogP contribution in [0.5, 0.6) is 0 Å². The first-order valence-electron chi connectivity index (χ1n) is 18.8. The Labute approximate surface area is 323 Å². The molecule has 0 amide bonds. The van der Waals surface area contributed by atoms with Crippen LogP contribution in [0.15, 0.2) is 144 Å². The second-order valence-corrected chi connectivity index (χ2v) is 14.6. The fraction of sp³-hybridized carbons (Fsp3) is 0. The van der Waals surface area contributed by atoms with E-state index in [0.717, 1.165) is 55.4 Å². The second-order valence-electron chi connectivity index (χ2n) is 14.6. The molecule has 0 bridgehead atoms. The number of hydrogen-bond acceptors (Lipinski definition) is 4. The molecule has 254 valence electrons. The first-order chi connectivity index (χ1) is 26.9. The van der Waals surface area contributed by atoms with Gasteiger partial charge in [0.1, 0.15) is 50.4 Å². The number of fused-ring (bicyclic) bond motifs is 6. The van der Waals surface area contributed by atoms with Crippen LogP contribution in [0.4, 0.5) is 0 Å². The minimum atomic E-state index is 0.621. The van der Waals surface area contributed by atoms with E-state index in [4.69, 9.17) is 19.4 Å². The molecule has 10 heteroatoms. The lowest BCUT2D eigenvalue weighted by Crippen LogP contribution is -2.55. The Morgan fingerprint density at radius 1 is 0.418 bits per heavy atom. The zero-order valence-electron chi connectivity index (χ0n) is 31.5. The normalized spacial score (nSPS) is 11.6. The molecule has 0 unspecified atom stereocenters. The van der Waals surface area contributed by atoms with Gasteiger partial charge in [-0.3, -0.25) is 0 Å². The topological polar surface area (TPSA) is 56.7 Å². The molecule has 0 saturated heterocycles. The molecule has 0 aliphatic rings. The van der Waals surface area contributed by atoms with E-state index >= 15 is 0 Å². The van der Waals surface area contributed by atoms with Crippen LogP contribution in [-0.2, 0) is 0 Å². The zero-order valence-corrected chi connectivity index (χ0v) is 31.5. The van der Waals surface area contributed by atoms with Gasteiger partial charge in [0.25, 0.3) is 0 Å². The van der Waals surface area contributed by atoms with Gasteiger partial charge in [0.15, 0.2) is 17.5 Å². The Bertz CT molecular complexity index is 3130. The summed E-state index contributed by atoms with van der Waals surface area (Å²) in [4.78, 5) is 15.5. The van der Waals surface area contributed by atoms with Crippen LogP contribution >= 0.6 is 0 Å². The number of furan rings is 1. The van der Waals surface area contributed by atoms with Gasteiger partial charge < -0.3 is 8.98 Å². The Kier molecular flexibility index (Phi) is 7.70. The lowest BCUT2D eigenvalue weighted by molar-refractivity contribution is 0.669. The van der Waals surface area contributed by atoms with E-state index in [1.807, 2.05) is 30.3 Å². The predicted octanol–water partition coefficient (Wildman–Crippen LogP) is 2.83. The van der Waals surface area contributed by atoms with Gasteiger partial charge in [-0.15, -0.1) is 16.4 Å². The van der Waals surface area contributed by atoms with Crippen molar-refractivity contribution >= 4 is 110 Å². The van der Waals surface area contributed by atoms with Gasteiger partial charge in [-0.2, -0.15) is 0 Å². The number of para-hydroxylation sites is 2. The van der Waals surface area contributed by atoms with E-state index in [9.17, 15) is 0 Å². The first kappa shape index (κ1) is 33.1. The monoisotopic (exact) mass is 700 g/mol. The number of benzene rings is 7. The standard InChI is InChI=1S/C45H33B5N4O/c46-38-37(39(47)41(49)42(50)40(38)48)45-52-43(24-10-3-1-4-11-24)51-44(53-45)30-15-9-17-34-36(30)29-20-18-26(23-35(29)55-34)25-19-21-33-31(22-25)28-14-7-8-16-32(28)54(33)27-12-5-2-6-13-27/h1-23H,46-50H2. The van der Waals surface area contributed by atoms with E-state index in [2.05, 4.69) is 153 Å². The van der Waals surface area contributed by atoms with Crippen molar-refractivity contribution in [3.8, 4) is 51.0 Å². The summed E-state index contributed by atoms with van der Waals surface area (Å²) in [6, 6.07) is 48.8. The Hall–Kier alpha value is -6.53. The largest absolute Gasteiger partial charge is 0.456 e. The maximum atomic E-state index is 6.63. The molecule has 55 heavy (non-hydrogen) atoms. The van der Waals surface area contributed by atoms with Crippen LogP contribution in [0.1, 0.15) is 0 Å². The van der Waals surface area contributed by atoms with E-state index < -0.39 is 0 Å². The summed E-state index contributed by atoms with van der Waals surface area (Å²) in [5, 5.41) is 4.46. The van der Waals surface area contributed by atoms with Crippen LogP contribution in [-0.4, -0.2) is 58.8 Å². The van der Waals surface area contributed by atoms with Crippen LogP contribution in [0.3, 0.4) is 0 Å². The van der Waals surface area contributed by atoms with E-state index in [1.165, 1.54) is 49.1 Å². The van der Waals surface area contributed by atoms with Gasteiger partial charge in [0, 0.05) is 43.9 Å². The molecule has 0 fully saturated rings. The maximum Gasteiger partial charge on any atom is 0.164 e.